The van der Waals surface area contributed by atoms with Gasteiger partial charge < -0.3 is 5.32 Å². The molecule has 1 heterocycles. The number of carbonyl (C=O) groups excluding carboxylic acids is 1. The molecule has 0 bridgehead atoms. The molecule has 1 aromatic carbocycles. The van der Waals surface area contributed by atoms with Crippen LogP contribution in [-0.4, -0.2) is 16.1 Å². The van der Waals surface area contributed by atoms with Crippen molar-refractivity contribution in [3.8, 4) is 0 Å². The Kier molecular flexibility index (Phi) is 5.01. The van der Waals surface area contributed by atoms with Crippen molar-refractivity contribution in [3.63, 3.8) is 0 Å². The Morgan fingerprint density at radius 3 is 2.68 bits per heavy atom. The smallest absolute Gasteiger partial charge is 0.237 e. The molecular formula is C13H13BrN2OS2. The highest BCUT2D eigenvalue weighted by Gasteiger charge is 2.16. The Labute approximate surface area is 129 Å². The van der Waals surface area contributed by atoms with Crippen molar-refractivity contribution >= 4 is 50.6 Å². The number of anilines is 1. The van der Waals surface area contributed by atoms with Gasteiger partial charge in [-0.15, -0.1) is 11.3 Å². The summed E-state index contributed by atoms with van der Waals surface area (Å²) in [4.78, 5) is 16.4. The minimum Gasteiger partial charge on any atom is -0.325 e. The molecule has 3 nitrogen and oxygen atoms in total. The monoisotopic (exact) mass is 356 g/mol. The average molecular weight is 357 g/mol. The van der Waals surface area contributed by atoms with Crippen LogP contribution in [0.4, 0.5) is 5.69 Å². The van der Waals surface area contributed by atoms with Gasteiger partial charge in [-0.2, -0.15) is 0 Å². The van der Waals surface area contributed by atoms with E-state index in [4.69, 9.17) is 0 Å². The molecule has 1 amide bonds. The number of benzene rings is 1. The molecule has 0 saturated carbocycles. The van der Waals surface area contributed by atoms with Gasteiger partial charge in [-0.3, -0.25) is 4.79 Å². The number of nitrogens with zero attached hydrogens (tertiary/aromatic N) is 1. The third kappa shape index (κ3) is 4.33. The van der Waals surface area contributed by atoms with Gasteiger partial charge in [0.05, 0.1) is 5.25 Å². The lowest BCUT2D eigenvalue weighted by atomic mass is 10.3. The summed E-state index contributed by atoms with van der Waals surface area (Å²) in [5, 5.41) is 4.71. The molecule has 2 rings (SSSR count). The van der Waals surface area contributed by atoms with E-state index in [1.54, 1.807) is 11.3 Å². The van der Waals surface area contributed by atoms with E-state index < -0.39 is 0 Å². The third-order valence-corrected chi connectivity index (χ3v) is 5.07. The minimum atomic E-state index is -0.172. The first-order valence-electron chi connectivity index (χ1n) is 5.70. The fraction of sp³-hybridized carbons (Fsp3) is 0.231. The van der Waals surface area contributed by atoms with Crippen LogP contribution in [0.15, 0.2) is 38.5 Å². The van der Waals surface area contributed by atoms with Gasteiger partial charge in [0.25, 0.3) is 0 Å². The molecule has 0 unspecified atom stereocenters. The lowest BCUT2D eigenvalue weighted by Gasteiger charge is -2.10. The fourth-order valence-corrected chi connectivity index (χ4v) is 3.62. The van der Waals surface area contributed by atoms with E-state index in [1.807, 2.05) is 43.5 Å². The molecule has 19 heavy (non-hydrogen) atoms. The van der Waals surface area contributed by atoms with E-state index in [9.17, 15) is 4.79 Å². The van der Waals surface area contributed by atoms with Crippen molar-refractivity contribution in [2.24, 2.45) is 0 Å². The maximum absolute atomic E-state index is 12.0. The van der Waals surface area contributed by atoms with E-state index in [0.717, 1.165) is 20.2 Å². The van der Waals surface area contributed by atoms with Crippen molar-refractivity contribution in [2.75, 3.05) is 5.32 Å². The minimum absolute atomic E-state index is 0.0137. The Hall–Kier alpha value is -0.850. The molecule has 0 aliphatic carbocycles. The number of carbonyl (C=O) groups is 1. The number of amides is 1. The van der Waals surface area contributed by atoms with Crippen LogP contribution in [0.25, 0.3) is 0 Å². The van der Waals surface area contributed by atoms with Crippen LogP contribution in [0, 0.1) is 6.92 Å². The number of nitrogens with one attached hydrogen (secondary N) is 1. The van der Waals surface area contributed by atoms with Crippen LogP contribution in [0.1, 0.15) is 12.6 Å². The van der Waals surface area contributed by atoms with Crippen LogP contribution in [-0.2, 0) is 4.79 Å². The van der Waals surface area contributed by atoms with Crippen LogP contribution in [0.5, 0.6) is 0 Å². The van der Waals surface area contributed by atoms with E-state index in [-0.39, 0.29) is 11.2 Å². The van der Waals surface area contributed by atoms with Gasteiger partial charge in [0.15, 0.2) is 4.34 Å². The highest BCUT2D eigenvalue weighted by atomic mass is 79.9. The molecule has 0 aliphatic heterocycles. The van der Waals surface area contributed by atoms with Crippen molar-refractivity contribution in [1.29, 1.82) is 0 Å². The highest BCUT2D eigenvalue weighted by molar-refractivity contribution is 9.10. The van der Waals surface area contributed by atoms with Gasteiger partial charge in [-0.1, -0.05) is 27.7 Å². The molecular weight excluding hydrogens is 344 g/mol. The highest BCUT2D eigenvalue weighted by Crippen LogP contribution is 2.27. The fourth-order valence-electron chi connectivity index (χ4n) is 1.37. The zero-order chi connectivity index (χ0) is 13.8. The number of thiazole rings is 1. The standard InChI is InChI=1S/C13H13BrN2OS2/c1-8-7-18-13(15-8)19-9(2)12(17)16-11-5-3-10(14)4-6-11/h3-7,9H,1-2H3,(H,16,17)/t9-/m1/s1. The quantitative estimate of drug-likeness (QED) is 0.828. The molecule has 1 atom stereocenters. The summed E-state index contributed by atoms with van der Waals surface area (Å²) in [7, 11) is 0. The van der Waals surface area contributed by atoms with E-state index in [0.29, 0.717) is 0 Å². The largest absolute Gasteiger partial charge is 0.325 e. The molecule has 0 spiro atoms. The van der Waals surface area contributed by atoms with Gasteiger partial charge in [-0.05, 0) is 38.1 Å². The van der Waals surface area contributed by atoms with Crippen LogP contribution in [0.2, 0.25) is 0 Å². The molecule has 0 aliphatic rings. The van der Waals surface area contributed by atoms with Crippen molar-refractivity contribution in [2.45, 2.75) is 23.4 Å². The summed E-state index contributed by atoms with van der Waals surface area (Å²) in [6, 6.07) is 7.54. The lowest BCUT2D eigenvalue weighted by Crippen LogP contribution is -2.22. The Balaban J connectivity index is 1.94. The summed E-state index contributed by atoms with van der Waals surface area (Å²) >= 11 is 6.41. The molecule has 1 aromatic heterocycles. The predicted octanol–water partition coefficient (Wildman–Crippen LogP) is 4.33. The maximum atomic E-state index is 12.0. The van der Waals surface area contributed by atoms with Crippen molar-refractivity contribution < 1.29 is 4.79 Å². The first-order valence-corrected chi connectivity index (χ1v) is 8.25. The molecule has 0 radical (unpaired) electrons. The molecule has 1 N–H and O–H groups in total. The number of hydrogen-bond donors (Lipinski definition) is 1. The second-order valence-electron chi connectivity index (χ2n) is 4.01. The zero-order valence-corrected chi connectivity index (χ0v) is 13.7. The number of halogens is 1. The summed E-state index contributed by atoms with van der Waals surface area (Å²) in [6.45, 7) is 3.84. The first kappa shape index (κ1) is 14.6. The van der Waals surface area contributed by atoms with Gasteiger partial charge >= 0.3 is 0 Å². The number of hydrogen-bond acceptors (Lipinski definition) is 4. The molecule has 0 saturated heterocycles. The normalized spacial score (nSPS) is 12.2. The Bertz CT molecular complexity index is 568. The lowest BCUT2D eigenvalue weighted by molar-refractivity contribution is -0.115. The molecule has 0 fully saturated rings. The van der Waals surface area contributed by atoms with Crippen LogP contribution in [0.3, 0.4) is 0 Å². The number of rotatable bonds is 4. The van der Waals surface area contributed by atoms with E-state index in [2.05, 4.69) is 26.2 Å². The summed E-state index contributed by atoms with van der Waals surface area (Å²) in [6.07, 6.45) is 0. The van der Waals surface area contributed by atoms with Gasteiger partial charge in [0.1, 0.15) is 0 Å². The topological polar surface area (TPSA) is 42.0 Å². The SMILES string of the molecule is Cc1csc(S[C@H](C)C(=O)Nc2ccc(Br)cc2)n1. The first-order chi connectivity index (χ1) is 9.04. The van der Waals surface area contributed by atoms with Crippen LogP contribution < -0.4 is 5.32 Å². The second-order valence-corrected chi connectivity index (χ2v) is 7.37. The summed E-state index contributed by atoms with van der Waals surface area (Å²) < 4.78 is 1.92. The summed E-state index contributed by atoms with van der Waals surface area (Å²) in [5.74, 6) is -0.0137. The van der Waals surface area contributed by atoms with Crippen molar-refractivity contribution in [1.82, 2.24) is 4.98 Å². The average Bonchev–Trinajstić information content (AvgIpc) is 2.77. The van der Waals surface area contributed by atoms with E-state index in [1.165, 1.54) is 11.8 Å². The van der Waals surface area contributed by atoms with Crippen molar-refractivity contribution in [3.05, 3.63) is 39.8 Å². The maximum Gasteiger partial charge on any atom is 0.237 e. The van der Waals surface area contributed by atoms with E-state index >= 15 is 0 Å². The Morgan fingerprint density at radius 2 is 2.11 bits per heavy atom. The molecule has 6 heteroatoms. The number of aromatic nitrogens is 1. The van der Waals surface area contributed by atoms with Gasteiger partial charge in [-0.25, -0.2) is 4.98 Å². The second kappa shape index (κ2) is 6.54. The van der Waals surface area contributed by atoms with Gasteiger partial charge in [0, 0.05) is 21.2 Å². The molecule has 2 aromatic rings. The zero-order valence-electron chi connectivity index (χ0n) is 10.5. The molecule has 100 valence electrons. The van der Waals surface area contributed by atoms with Crippen LogP contribution >= 0.6 is 39.0 Å². The Morgan fingerprint density at radius 1 is 1.42 bits per heavy atom. The van der Waals surface area contributed by atoms with Gasteiger partial charge in [0.2, 0.25) is 5.91 Å². The number of thioether (sulfide) groups is 1. The summed E-state index contributed by atoms with van der Waals surface area (Å²) in [5.41, 5.74) is 1.80. The third-order valence-electron chi connectivity index (χ3n) is 2.36. The predicted molar refractivity (Wildman–Crippen MR) is 84.9 cm³/mol. The number of aryl methyl sites for hydroxylation is 1.